The number of carboxylic acid groups (broad SMARTS) is 1. The average Bonchev–Trinajstić information content (AvgIpc) is 3.36. The molecule has 1 fully saturated rings. The molecule has 0 spiro atoms. The number of aliphatic carboxylic acids is 1. The van der Waals surface area contributed by atoms with Crippen LogP contribution in [-0.4, -0.2) is 38.6 Å². The van der Waals surface area contributed by atoms with Crippen LogP contribution in [0, 0.1) is 0 Å². The van der Waals surface area contributed by atoms with Crippen LogP contribution in [0.4, 0.5) is 5.82 Å². The summed E-state index contributed by atoms with van der Waals surface area (Å²) in [5, 5.41) is 10.7. The lowest BCUT2D eigenvalue weighted by atomic mass is 10.1. The number of thiophene rings is 1. The first kappa shape index (κ1) is 15.7. The van der Waals surface area contributed by atoms with E-state index in [1.807, 2.05) is 17.0 Å². The van der Waals surface area contributed by atoms with Crippen molar-refractivity contribution in [2.45, 2.75) is 38.1 Å². The Labute approximate surface area is 154 Å². The van der Waals surface area contributed by atoms with Crippen molar-refractivity contribution in [3.63, 3.8) is 0 Å². The van der Waals surface area contributed by atoms with Gasteiger partial charge < -0.3 is 10.0 Å². The van der Waals surface area contributed by atoms with Gasteiger partial charge in [-0.05, 0) is 49.8 Å². The summed E-state index contributed by atoms with van der Waals surface area (Å²) in [6.45, 7) is 0.722. The quantitative estimate of drug-likeness (QED) is 0.766. The number of anilines is 1. The van der Waals surface area contributed by atoms with Crippen LogP contribution in [0.5, 0.6) is 0 Å². The van der Waals surface area contributed by atoms with Gasteiger partial charge in [-0.15, -0.1) is 11.3 Å². The van der Waals surface area contributed by atoms with Gasteiger partial charge in [0.1, 0.15) is 16.7 Å². The number of carbonyl (C=O) groups is 1. The van der Waals surface area contributed by atoms with Gasteiger partial charge in [-0.3, -0.25) is 4.98 Å². The van der Waals surface area contributed by atoms with E-state index in [1.165, 1.54) is 10.4 Å². The van der Waals surface area contributed by atoms with E-state index in [4.69, 9.17) is 9.97 Å². The predicted molar refractivity (Wildman–Crippen MR) is 101 cm³/mol. The summed E-state index contributed by atoms with van der Waals surface area (Å²) in [4.78, 5) is 29.9. The van der Waals surface area contributed by atoms with Crippen LogP contribution < -0.4 is 4.90 Å². The van der Waals surface area contributed by atoms with Gasteiger partial charge in [0.2, 0.25) is 0 Å². The molecule has 132 valence electrons. The summed E-state index contributed by atoms with van der Waals surface area (Å²) in [6.07, 6.45) is 8.29. The van der Waals surface area contributed by atoms with E-state index in [1.54, 1.807) is 23.7 Å². The van der Waals surface area contributed by atoms with Crippen LogP contribution >= 0.6 is 11.3 Å². The molecule has 6 nitrogen and oxygen atoms in total. The van der Waals surface area contributed by atoms with Gasteiger partial charge in [-0.2, -0.15) is 0 Å². The van der Waals surface area contributed by atoms with Crippen molar-refractivity contribution in [1.29, 1.82) is 0 Å². The smallest absolute Gasteiger partial charge is 0.326 e. The predicted octanol–water partition coefficient (Wildman–Crippen LogP) is 3.30. The number of hydrogen-bond donors (Lipinski definition) is 1. The van der Waals surface area contributed by atoms with Crippen LogP contribution in [0.15, 0.2) is 24.5 Å². The highest BCUT2D eigenvalue weighted by atomic mass is 32.1. The first-order chi connectivity index (χ1) is 12.7. The molecule has 0 amide bonds. The standard InChI is InChI=1S/C19H18N4O2S/c24-19(25)13-6-3-9-23(13)17-15-12-5-1-7-14(12)26-18(15)22-16(21-17)11-4-2-8-20-10-11/h2,4,8,10,13H,1,3,5-7,9H2,(H,24,25). The second-order valence-electron chi connectivity index (χ2n) is 6.84. The van der Waals surface area contributed by atoms with Crippen molar-refractivity contribution < 1.29 is 9.90 Å². The third kappa shape index (κ3) is 2.38. The molecule has 2 aliphatic rings. The molecule has 1 saturated heterocycles. The molecule has 4 heterocycles. The lowest BCUT2D eigenvalue weighted by Crippen LogP contribution is -2.36. The molecule has 0 radical (unpaired) electrons. The number of pyridine rings is 1. The highest BCUT2D eigenvalue weighted by Crippen LogP contribution is 2.42. The zero-order valence-corrected chi connectivity index (χ0v) is 15.0. The largest absolute Gasteiger partial charge is 0.480 e. The third-order valence-electron chi connectivity index (χ3n) is 5.28. The molecule has 0 bridgehead atoms. The molecule has 1 N–H and O–H groups in total. The Morgan fingerprint density at radius 1 is 1.27 bits per heavy atom. The van der Waals surface area contributed by atoms with Crippen LogP contribution in [0.2, 0.25) is 0 Å². The number of carboxylic acids is 1. The molecule has 1 aliphatic heterocycles. The van der Waals surface area contributed by atoms with Gasteiger partial charge in [-0.25, -0.2) is 14.8 Å². The topological polar surface area (TPSA) is 79.2 Å². The van der Waals surface area contributed by atoms with Gasteiger partial charge in [0.05, 0.1) is 5.39 Å². The zero-order chi connectivity index (χ0) is 17.7. The van der Waals surface area contributed by atoms with Crippen LogP contribution in [0.25, 0.3) is 21.6 Å². The summed E-state index contributed by atoms with van der Waals surface area (Å²) in [6, 6.07) is 3.30. The molecule has 1 atom stereocenters. The number of nitrogens with zero attached hydrogens (tertiary/aromatic N) is 4. The van der Waals surface area contributed by atoms with Gasteiger partial charge in [-0.1, -0.05) is 0 Å². The first-order valence-corrected chi connectivity index (χ1v) is 9.76. The summed E-state index contributed by atoms with van der Waals surface area (Å²) in [5.41, 5.74) is 2.18. The van der Waals surface area contributed by atoms with Crippen molar-refractivity contribution in [3.05, 3.63) is 35.0 Å². The van der Waals surface area contributed by atoms with Crippen molar-refractivity contribution in [3.8, 4) is 11.4 Å². The fourth-order valence-corrected chi connectivity index (χ4v) is 5.34. The second-order valence-corrected chi connectivity index (χ2v) is 7.92. The number of aryl methyl sites for hydroxylation is 2. The number of fused-ring (bicyclic) bond motifs is 3. The highest BCUT2D eigenvalue weighted by molar-refractivity contribution is 7.19. The summed E-state index contributed by atoms with van der Waals surface area (Å²) >= 11 is 1.73. The monoisotopic (exact) mass is 366 g/mol. The Morgan fingerprint density at radius 3 is 3.00 bits per heavy atom. The summed E-state index contributed by atoms with van der Waals surface area (Å²) in [5.74, 6) is 0.638. The minimum atomic E-state index is -0.774. The summed E-state index contributed by atoms with van der Waals surface area (Å²) < 4.78 is 0. The molecule has 0 aromatic carbocycles. The lowest BCUT2D eigenvalue weighted by Gasteiger charge is -2.24. The minimum absolute atomic E-state index is 0.508. The van der Waals surface area contributed by atoms with Gasteiger partial charge >= 0.3 is 5.97 Å². The molecule has 3 aromatic heterocycles. The van der Waals surface area contributed by atoms with Crippen LogP contribution in [0.3, 0.4) is 0 Å². The molecule has 1 aliphatic carbocycles. The fourth-order valence-electron chi connectivity index (χ4n) is 4.09. The van der Waals surface area contributed by atoms with E-state index in [2.05, 4.69) is 4.98 Å². The second kappa shape index (κ2) is 6.02. The fraction of sp³-hybridized carbons (Fsp3) is 0.368. The summed E-state index contributed by atoms with van der Waals surface area (Å²) in [7, 11) is 0. The minimum Gasteiger partial charge on any atom is -0.480 e. The Bertz CT molecular complexity index is 1000. The zero-order valence-electron chi connectivity index (χ0n) is 14.2. The molecule has 3 aromatic rings. The Kier molecular flexibility index (Phi) is 3.63. The van der Waals surface area contributed by atoms with E-state index < -0.39 is 12.0 Å². The van der Waals surface area contributed by atoms with Crippen molar-refractivity contribution in [1.82, 2.24) is 15.0 Å². The van der Waals surface area contributed by atoms with Crippen molar-refractivity contribution in [2.75, 3.05) is 11.4 Å². The Hall–Kier alpha value is -2.54. The van der Waals surface area contributed by atoms with Gasteiger partial charge in [0.15, 0.2) is 5.82 Å². The maximum Gasteiger partial charge on any atom is 0.326 e. The van der Waals surface area contributed by atoms with Crippen LogP contribution in [-0.2, 0) is 17.6 Å². The number of aromatic nitrogens is 3. The SMILES string of the molecule is O=C(O)C1CCCN1c1nc(-c2cccnc2)nc2sc3c(c12)CCC3. The Morgan fingerprint density at radius 2 is 2.19 bits per heavy atom. The number of hydrogen-bond acceptors (Lipinski definition) is 6. The van der Waals surface area contributed by atoms with Crippen LogP contribution in [0.1, 0.15) is 29.7 Å². The Balaban J connectivity index is 1.75. The molecule has 5 rings (SSSR count). The van der Waals surface area contributed by atoms with E-state index >= 15 is 0 Å². The lowest BCUT2D eigenvalue weighted by molar-refractivity contribution is -0.138. The average molecular weight is 366 g/mol. The van der Waals surface area contributed by atoms with Gasteiger partial charge in [0, 0.05) is 29.4 Å². The van der Waals surface area contributed by atoms with Crippen molar-refractivity contribution >= 4 is 33.3 Å². The van der Waals surface area contributed by atoms with E-state index in [9.17, 15) is 9.90 Å². The maximum atomic E-state index is 11.8. The molecule has 7 heteroatoms. The molecular formula is C19H18N4O2S. The van der Waals surface area contributed by atoms with E-state index in [-0.39, 0.29) is 0 Å². The third-order valence-corrected chi connectivity index (χ3v) is 6.46. The molecular weight excluding hydrogens is 348 g/mol. The van der Waals surface area contributed by atoms with Crippen molar-refractivity contribution in [2.24, 2.45) is 0 Å². The highest BCUT2D eigenvalue weighted by Gasteiger charge is 2.34. The normalized spacial score (nSPS) is 19.2. The molecule has 0 saturated carbocycles. The molecule has 1 unspecified atom stereocenters. The van der Waals surface area contributed by atoms with Gasteiger partial charge in [0.25, 0.3) is 0 Å². The molecule has 26 heavy (non-hydrogen) atoms. The number of rotatable bonds is 3. The first-order valence-electron chi connectivity index (χ1n) is 8.94. The van der Waals surface area contributed by atoms with E-state index in [0.29, 0.717) is 12.2 Å². The van der Waals surface area contributed by atoms with E-state index in [0.717, 1.165) is 53.8 Å². The maximum absolute atomic E-state index is 11.8.